The molecular weight excluding hydrogens is 230 g/mol. The fourth-order valence-electron chi connectivity index (χ4n) is 1.57. The van der Waals surface area contributed by atoms with Gasteiger partial charge in [0.05, 0.1) is 0 Å². The van der Waals surface area contributed by atoms with Crippen LogP contribution in [0, 0.1) is 0 Å². The van der Waals surface area contributed by atoms with Crippen LogP contribution < -0.4 is 10.5 Å². The Morgan fingerprint density at radius 3 is 2.71 bits per heavy atom. The predicted molar refractivity (Wildman–Crippen MR) is 72.8 cm³/mol. The molecule has 0 spiro atoms. The van der Waals surface area contributed by atoms with Gasteiger partial charge in [-0.25, -0.2) is 0 Å². The minimum atomic E-state index is 0.215. The van der Waals surface area contributed by atoms with Crippen molar-refractivity contribution >= 4 is 11.3 Å². The maximum absolute atomic E-state index is 5.98. The highest BCUT2D eigenvalue weighted by atomic mass is 32.1. The van der Waals surface area contributed by atoms with E-state index in [1.165, 1.54) is 4.88 Å². The molecule has 0 amide bonds. The fraction of sp³-hybridized carbons (Fsp3) is 0.286. The Hall–Kier alpha value is -1.32. The van der Waals surface area contributed by atoms with Crippen LogP contribution in [0.1, 0.15) is 18.2 Å². The van der Waals surface area contributed by atoms with Crippen LogP contribution in [0.2, 0.25) is 0 Å². The Bertz CT molecular complexity index is 452. The van der Waals surface area contributed by atoms with Gasteiger partial charge in [-0.2, -0.15) is 0 Å². The van der Waals surface area contributed by atoms with Crippen molar-refractivity contribution in [3.05, 3.63) is 46.7 Å². The number of rotatable bonds is 5. The third kappa shape index (κ3) is 3.32. The van der Waals surface area contributed by atoms with Crippen LogP contribution in [-0.2, 0) is 6.42 Å². The summed E-state index contributed by atoms with van der Waals surface area (Å²) in [5.74, 6) is 1.81. The number of para-hydroxylation sites is 1. The molecule has 0 fully saturated rings. The highest BCUT2D eigenvalue weighted by Crippen LogP contribution is 2.30. The summed E-state index contributed by atoms with van der Waals surface area (Å²) in [4.78, 5) is 1.23. The first-order valence-electron chi connectivity index (χ1n) is 5.84. The molecule has 0 radical (unpaired) electrons. The van der Waals surface area contributed by atoms with Crippen molar-refractivity contribution in [1.29, 1.82) is 0 Å². The van der Waals surface area contributed by atoms with Crippen LogP contribution in [0.25, 0.3) is 0 Å². The van der Waals surface area contributed by atoms with Gasteiger partial charge in [0.1, 0.15) is 11.5 Å². The Kier molecular flexibility index (Phi) is 4.18. The first kappa shape index (κ1) is 12.1. The van der Waals surface area contributed by atoms with Crippen molar-refractivity contribution < 1.29 is 4.74 Å². The highest BCUT2D eigenvalue weighted by Gasteiger charge is 2.10. The van der Waals surface area contributed by atoms with E-state index in [-0.39, 0.29) is 6.04 Å². The molecule has 0 aliphatic rings. The lowest BCUT2D eigenvalue weighted by Crippen LogP contribution is -2.20. The maximum atomic E-state index is 5.98. The van der Waals surface area contributed by atoms with E-state index in [0.29, 0.717) is 0 Å². The average molecular weight is 247 g/mol. The summed E-state index contributed by atoms with van der Waals surface area (Å²) in [6.07, 6.45) is 1.87. The number of thiophene rings is 1. The van der Waals surface area contributed by atoms with Crippen LogP contribution in [-0.4, -0.2) is 6.04 Å². The molecule has 0 aliphatic heterocycles. The van der Waals surface area contributed by atoms with Gasteiger partial charge in [0.15, 0.2) is 0 Å². The smallest absolute Gasteiger partial charge is 0.141 e. The first-order chi connectivity index (χ1) is 8.29. The molecule has 0 saturated heterocycles. The number of hydrogen-bond acceptors (Lipinski definition) is 3. The molecule has 1 aromatic heterocycles. The van der Waals surface area contributed by atoms with Gasteiger partial charge in [0.25, 0.3) is 0 Å². The molecule has 0 aliphatic carbocycles. The largest absolute Gasteiger partial charge is 0.456 e. The molecule has 1 atom stereocenters. The predicted octanol–water partition coefficient (Wildman–Crippen LogP) is 3.82. The van der Waals surface area contributed by atoms with Crippen LogP contribution in [0.5, 0.6) is 11.5 Å². The summed E-state index contributed by atoms with van der Waals surface area (Å²) in [5.41, 5.74) is 5.98. The summed E-state index contributed by atoms with van der Waals surface area (Å²) in [5, 5.41) is 2.05. The molecule has 17 heavy (non-hydrogen) atoms. The van der Waals surface area contributed by atoms with Crippen molar-refractivity contribution in [3.63, 3.8) is 0 Å². The molecule has 1 unspecified atom stereocenters. The molecule has 0 bridgehead atoms. The van der Waals surface area contributed by atoms with Gasteiger partial charge < -0.3 is 10.5 Å². The van der Waals surface area contributed by atoms with Crippen LogP contribution >= 0.6 is 11.3 Å². The molecule has 0 saturated carbocycles. The minimum absolute atomic E-state index is 0.215. The topological polar surface area (TPSA) is 35.2 Å². The van der Waals surface area contributed by atoms with E-state index in [9.17, 15) is 0 Å². The maximum Gasteiger partial charge on any atom is 0.141 e. The van der Waals surface area contributed by atoms with E-state index < -0.39 is 0 Å². The standard InChI is InChI=1S/C14H17NOS/c1-2-11(15)10-14-13(8-9-17-14)16-12-6-4-3-5-7-12/h3-9,11H,2,10,15H2,1H3. The van der Waals surface area contributed by atoms with E-state index in [0.717, 1.165) is 24.3 Å². The lowest BCUT2D eigenvalue weighted by atomic mass is 10.1. The monoisotopic (exact) mass is 247 g/mol. The SMILES string of the molecule is CCC(N)Cc1sccc1Oc1ccccc1. The number of hydrogen-bond donors (Lipinski definition) is 1. The van der Waals surface area contributed by atoms with Gasteiger partial charge in [0.2, 0.25) is 0 Å². The second kappa shape index (κ2) is 5.84. The van der Waals surface area contributed by atoms with Crippen LogP contribution in [0.4, 0.5) is 0 Å². The molecule has 2 aromatic rings. The Morgan fingerprint density at radius 2 is 2.00 bits per heavy atom. The average Bonchev–Trinajstić information content (AvgIpc) is 2.78. The van der Waals surface area contributed by atoms with E-state index in [1.807, 2.05) is 36.4 Å². The number of ether oxygens (including phenoxy) is 1. The zero-order valence-electron chi connectivity index (χ0n) is 9.93. The van der Waals surface area contributed by atoms with Crippen molar-refractivity contribution in [1.82, 2.24) is 0 Å². The molecule has 1 heterocycles. The Balaban J connectivity index is 2.09. The fourth-order valence-corrected chi connectivity index (χ4v) is 2.46. The minimum Gasteiger partial charge on any atom is -0.456 e. The quantitative estimate of drug-likeness (QED) is 0.871. The number of benzene rings is 1. The summed E-state index contributed by atoms with van der Waals surface area (Å²) in [6.45, 7) is 2.11. The highest BCUT2D eigenvalue weighted by molar-refractivity contribution is 7.10. The molecule has 90 valence electrons. The Labute approximate surface area is 106 Å². The first-order valence-corrected chi connectivity index (χ1v) is 6.72. The van der Waals surface area contributed by atoms with Crippen LogP contribution in [0.3, 0.4) is 0 Å². The summed E-state index contributed by atoms with van der Waals surface area (Å²) in [7, 11) is 0. The summed E-state index contributed by atoms with van der Waals surface area (Å²) in [6, 6.07) is 12.1. The molecule has 2 nitrogen and oxygen atoms in total. The van der Waals surface area contributed by atoms with Crippen LogP contribution in [0.15, 0.2) is 41.8 Å². The van der Waals surface area contributed by atoms with E-state index in [4.69, 9.17) is 10.5 Å². The van der Waals surface area contributed by atoms with Gasteiger partial charge in [-0.3, -0.25) is 0 Å². The zero-order chi connectivity index (χ0) is 12.1. The van der Waals surface area contributed by atoms with Gasteiger partial charge in [0, 0.05) is 17.3 Å². The Morgan fingerprint density at radius 1 is 1.24 bits per heavy atom. The second-order valence-electron chi connectivity index (χ2n) is 4.00. The van der Waals surface area contributed by atoms with Gasteiger partial charge >= 0.3 is 0 Å². The molecule has 2 rings (SSSR count). The third-order valence-corrected chi connectivity index (χ3v) is 3.57. The molecule has 2 N–H and O–H groups in total. The molecule has 1 aromatic carbocycles. The van der Waals surface area contributed by atoms with Crippen molar-refractivity contribution in [2.24, 2.45) is 5.73 Å². The normalized spacial score (nSPS) is 12.4. The summed E-state index contributed by atoms with van der Waals surface area (Å²) < 4.78 is 5.85. The summed E-state index contributed by atoms with van der Waals surface area (Å²) >= 11 is 1.71. The van der Waals surface area contributed by atoms with Gasteiger partial charge in [-0.1, -0.05) is 25.1 Å². The van der Waals surface area contributed by atoms with Gasteiger partial charge in [-0.15, -0.1) is 11.3 Å². The van der Waals surface area contributed by atoms with E-state index in [1.54, 1.807) is 11.3 Å². The van der Waals surface area contributed by atoms with Crippen molar-refractivity contribution in [2.45, 2.75) is 25.8 Å². The second-order valence-corrected chi connectivity index (χ2v) is 5.00. The van der Waals surface area contributed by atoms with Gasteiger partial charge in [-0.05, 0) is 30.0 Å². The number of nitrogens with two attached hydrogens (primary N) is 1. The van der Waals surface area contributed by atoms with E-state index in [2.05, 4.69) is 12.3 Å². The lowest BCUT2D eigenvalue weighted by molar-refractivity contribution is 0.476. The van der Waals surface area contributed by atoms with E-state index >= 15 is 0 Å². The zero-order valence-corrected chi connectivity index (χ0v) is 10.7. The van der Waals surface area contributed by atoms with Crippen molar-refractivity contribution in [3.8, 4) is 11.5 Å². The third-order valence-electron chi connectivity index (χ3n) is 2.65. The van der Waals surface area contributed by atoms with Crippen molar-refractivity contribution in [2.75, 3.05) is 0 Å². The molecular formula is C14H17NOS. The lowest BCUT2D eigenvalue weighted by Gasteiger charge is -2.10. The molecule has 3 heteroatoms.